The van der Waals surface area contributed by atoms with Crippen molar-refractivity contribution in [2.45, 2.75) is 271 Å². The van der Waals surface area contributed by atoms with Crippen LogP contribution in [0.1, 0.15) is 265 Å². The third-order valence-electron chi connectivity index (χ3n) is 13.2. The molecule has 1 atom stereocenters. The third-order valence-corrected chi connectivity index (χ3v) is 13.2. The molecule has 0 fully saturated rings. The van der Waals surface area contributed by atoms with Crippen LogP contribution in [0.25, 0.3) is 0 Å². The van der Waals surface area contributed by atoms with Crippen LogP contribution in [0.5, 0.6) is 0 Å². The van der Waals surface area contributed by atoms with Gasteiger partial charge in [-0.25, -0.2) is 0 Å². The van der Waals surface area contributed by atoms with Crippen LogP contribution in [0.15, 0.2) is 170 Å². The minimum absolute atomic E-state index is 0.110. The monoisotopic (exact) mass is 1110 g/mol. The van der Waals surface area contributed by atoms with Crippen molar-refractivity contribution in [3.05, 3.63) is 170 Å². The topological polar surface area (TPSA) is 78.9 Å². The molecule has 0 heterocycles. The van der Waals surface area contributed by atoms with Gasteiger partial charge in [0.15, 0.2) is 6.10 Å². The zero-order chi connectivity index (χ0) is 58.5. The lowest BCUT2D eigenvalue weighted by molar-refractivity contribution is -0.167. The molecule has 0 aromatic carbocycles. The van der Waals surface area contributed by atoms with E-state index in [1.807, 2.05) is 0 Å². The van der Waals surface area contributed by atoms with Crippen molar-refractivity contribution in [3.8, 4) is 0 Å². The highest BCUT2D eigenvalue weighted by molar-refractivity contribution is 5.71. The molecule has 0 radical (unpaired) electrons. The molecule has 0 aliphatic carbocycles. The van der Waals surface area contributed by atoms with E-state index in [-0.39, 0.29) is 37.5 Å². The van der Waals surface area contributed by atoms with E-state index in [1.165, 1.54) is 51.4 Å². The quantitative estimate of drug-likeness (QED) is 0.0261. The van der Waals surface area contributed by atoms with Crippen LogP contribution in [0, 0.1) is 0 Å². The summed E-state index contributed by atoms with van der Waals surface area (Å²) in [6.07, 6.45) is 99.3. The van der Waals surface area contributed by atoms with Gasteiger partial charge >= 0.3 is 17.9 Å². The summed E-state index contributed by atoms with van der Waals surface area (Å²) in [5.41, 5.74) is 0. The second kappa shape index (κ2) is 67.3. The van der Waals surface area contributed by atoms with Gasteiger partial charge in [-0.3, -0.25) is 14.4 Å². The zero-order valence-electron chi connectivity index (χ0n) is 52.0. The highest BCUT2D eigenvalue weighted by Gasteiger charge is 2.19. The minimum Gasteiger partial charge on any atom is -0.462 e. The molecule has 0 bridgehead atoms. The van der Waals surface area contributed by atoms with Gasteiger partial charge in [0.05, 0.1) is 0 Å². The fourth-order valence-electron chi connectivity index (χ4n) is 8.37. The Bertz CT molecular complexity index is 1860. The number of unbranched alkanes of at least 4 members (excludes halogenated alkanes) is 18. The predicted octanol–water partition coefficient (Wildman–Crippen LogP) is 22.7. The Morgan fingerprint density at radius 2 is 0.481 bits per heavy atom. The number of ether oxygens (including phenoxy) is 3. The van der Waals surface area contributed by atoms with Crippen LogP contribution in [0.2, 0.25) is 0 Å². The van der Waals surface area contributed by atoms with E-state index in [2.05, 4.69) is 191 Å². The van der Waals surface area contributed by atoms with Gasteiger partial charge < -0.3 is 14.2 Å². The van der Waals surface area contributed by atoms with Crippen molar-refractivity contribution in [2.75, 3.05) is 13.2 Å². The van der Waals surface area contributed by atoms with Gasteiger partial charge in [0.25, 0.3) is 0 Å². The first-order valence-corrected chi connectivity index (χ1v) is 32.6. The number of allylic oxidation sites excluding steroid dienone is 28. The average molecular weight is 1120 g/mol. The standard InChI is InChI=1S/C75H118O6/c1-4-7-10-13-16-19-22-25-27-29-31-33-34-35-36-37-38-39-40-42-43-45-47-50-53-56-59-62-65-68-74(77)80-71-72(70-79-73(76)67-64-61-58-55-52-49-24-21-18-15-12-9-6-3)81-75(78)69-66-63-60-57-54-51-48-46-44-41-32-30-28-26-23-20-17-14-11-8-5-2/h7-8,10-12,15-17,19-21,24-28,31-33,35-36,38-39,41,46,48,54,57,72H,4-6,9,13-14,18,22-23,29-30,34,37,40,42-45,47,49-53,55-56,58-71H2,1-3H3/b10-7-,11-8-,15-12-,19-16-,20-17-,24-21-,27-25-,28-26-,33-31-,36-35-,39-38-,41-32-,48-46-,57-54-. The van der Waals surface area contributed by atoms with Crippen LogP contribution in [0.4, 0.5) is 0 Å². The lowest BCUT2D eigenvalue weighted by atomic mass is 10.1. The molecule has 1 unspecified atom stereocenters. The third kappa shape index (κ3) is 65.5. The fourth-order valence-corrected chi connectivity index (χ4v) is 8.37. The Morgan fingerprint density at radius 1 is 0.259 bits per heavy atom. The van der Waals surface area contributed by atoms with Gasteiger partial charge in [-0.05, 0) is 148 Å². The maximum atomic E-state index is 12.9. The summed E-state index contributed by atoms with van der Waals surface area (Å²) in [5.74, 6) is -0.977. The number of rotatable bonds is 57. The smallest absolute Gasteiger partial charge is 0.306 e. The fraction of sp³-hybridized carbons (Fsp3) is 0.587. The zero-order valence-corrected chi connectivity index (χ0v) is 52.0. The Labute approximate surface area is 498 Å². The first-order valence-electron chi connectivity index (χ1n) is 32.6. The summed E-state index contributed by atoms with van der Waals surface area (Å²) in [4.78, 5) is 38.3. The lowest BCUT2D eigenvalue weighted by Gasteiger charge is -2.18. The number of esters is 3. The molecule has 0 spiro atoms. The van der Waals surface area contributed by atoms with Gasteiger partial charge in [-0.1, -0.05) is 268 Å². The molecule has 0 rings (SSSR count). The summed E-state index contributed by atoms with van der Waals surface area (Å²) in [6, 6.07) is 0. The normalized spacial score (nSPS) is 13.3. The Balaban J connectivity index is 4.41. The van der Waals surface area contributed by atoms with Gasteiger partial charge in [0.1, 0.15) is 13.2 Å². The molecule has 6 heteroatoms. The van der Waals surface area contributed by atoms with Gasteiger partial charge in [-0.2, -0.15) is 0 Å². The second-order valence-electron chi connectivity index (χ2n) is 20.9. The molecular formula is C75H118O6. The molecule has 0 aromatic rings. The molecular weight excluding hydrogens is 997 g/mol. The Hall–Kier alpha value is -5.23. The first-order chi connectivity index (χ1) is 40.0. The highest BCUT2D eigenvalue weighted by atomic mass is 16.6. The van der Waals surface area contributed by atoms with Crippen molar-refractivity contribution < 1.29 is 28.6 Å². The van der Waals surface area contributed by atoms with Crippen LogP contribution in [0.3, 0.4) is 0 Å². The van der Waals surface area contributed by atoms with E-state index < -0.39 is 6.10 Å². The summed E-state index contributed by atoms with van der Waals surface area (Å²) in [6.45, 7) is 6.29. The molecule has 0 amide bonds. The van der Waals surface area contributed by atoms with E-state index in [0.717, 1.165) is 167 Å². The molecule has 81 heavy (non-hydrogen) atoms. The molecule has 0 N–H and O–H groups in total. The highest BCUT2D eigenvalue weighted by Crippen LogP contribution is 2.14. The predicted molar refractivity (Wildman–Crippen MR) is 352 cm³/mol. The minimum atomic E-state index is -0.819. The van der Waals surface area contributed by atoms with E-state index in [4.69, 9.17) is 14.2 Å². The Morgan fingerprint density at radius 3 is 0.778 bits per heavy atom. The van der Waals surface area contributed by atoms with Crippen molar-refractivity contribution in [1.82, 2.24) is 0 Å². The maximum absolute atomic E-state index is 12.9. The Kier molecular flexibility index (Phi) is 62.9. The molecule has 0 saturated heterocycles. The van der Waals surface area contributed by atoms with Crippen molar-refractivity contribution in [3.63, 3.8) is 0 Å². The average Bonchev–Trinajstić information content (AvgIpc) is 3.46. The van der Waals surface area contributed by atoms with Crippen molar-refractivity contribution in [2.24, 2.45) is 0 Å². The van der Waals surface area contributed by atoms with Gasteiger partial charge in [-0.15, -0.1) is 0 Å². The summed E-state index contributed by atoms with van der Waals surface area (Å²) < 4.78 is 16.9. The van der Waals surface area contributed by atoms with Crippen LogP contribution >= 0.6 is 0 Å². The molecule has 6 nitrogen and oxygen atoms in total. The van der Waals surface area contributed by atoms with E-state index in [9.17, 15) is 14.4 Å². The van der Waals surface area contributed by atoms with Crippen molar-refractivity contribution in [1.29, 1.82) is 0 Å². The number of carbonyl (C=O) groups is 3. The van der Waals surface area contributed by atoms with Crippen molar-refractivity contribution >= 4 is 17.9 Å². The van der Waals surface area contributed by atoms with E-state index in [0.29, 0.717) is 19.3 Å². The lowest BCUT2D eigenvalue weighted by Crippen LogP contribution is -2.30. The second-order valence-corrected chi connectivity index (χ2v) is 20.9. The molecule has 0 aliphatic heterocycles. The van der Waals surface area contributed by atoms with Gasteiger partial charge in [0.2, 0.25) is 0 Å². The van der Waals surface area contributed by atoms with Crippen LogP contribution < -0.4 is 0 Å². The molecule has 0 saturated carbocycles. The molecule has 0 aromatic heterocycles. The number of hydrogen-bond acceptors (Lipinski definition) is 6. The number of carbonyl (C=O) groups excluding carboxylic acids is 3. The SMILES string of the molecule is CC/C=C\C/C=C\C/C=C\C/C=C\C/C=C\C/C=C\CCCCCCCCCCCCC(=O)OCC(COC(=O)CCCCCCC/C=C\C/C=C\CCC)OC(=O)CCCC/C=C\C/C=C\C/C=C\C/C=C\C/C=C\C/C=C\CC. The summed E-state index contributed by atoms with van der Waals surface area (Å²) in [5, 5.41) is 0. The van der Waals surface area contributed by atoms with Gasteiger partial charge in [0, 0.05) is 19.3 Å². The number of hydrogen-bond donors (Lipinski definition) is 0. The van der Waals surface area contributed by atoms with E-state index >= 15 is 0 Å². The van der Waals surface area contributed by atoms with E-state index in [1.54, 1.807) is 0 Å². The first kappa shape index (κ1) is 75.8. The maximum Gasteiger partial charge on any atom is 0.306 e. The molecule has 454 valence electrons. The molecule has 0 aliphatic rings. The summed E-state index contributed by atoms with van der Waals surface area (Å²) in [7, 11) is 0. The van der Waals surface area contributed by atoms with Crippen LogP contribution in [-0.4, -0.2) is 37.2 Å². The van der Waals surface area contributed by atoms with Crippen LogP contribution in [-0.2, 0) is 28.6 Å². The summed E-state index contributed by atoms with van der Waals surface area (Å²) >= 11 is 0. The largest absolute Gasteiger partial charge is 0.462 e.